The lowest BCUT2D eigenvalue weighted by atomic mass is 10.4. The molecule has 2 N–H and O–H groups in total. The van der Waals surface area contributed by atoms with E-state index in [0.29, 0.717) is 6.54 Å². The van der Waals surface area contributed by atoms with E-state index in [4.69, 9.17) is 5.73 Å². The summed E-state index contributed by atoms with van der Waals surface area (Å²) in [6, 6.07) is 4.17. The average Bonchev–Trinajstić information content (AvgIpc) is 2.70. The van der Waals surface area contributed by atoms with Crippen molar-refractivity contribution in [2.45, 2.75) is 6.42 Å². The highest BCUT2D eigenvalue weighted by Crippen LogP contribution is 2.29. The van der Waals surface area contributed by atoms with Gasteiger partial charge in [-0.1, -0.05) is 6.07 Å². The molecule has 0 aliphatic carbocycles. The molecular formula is C9H10N2S2. The van der Waals surface area contributed by atoms with Gasteiger partial charge in [-0.05, 0) is 18.0 Å². The number of rotatable bonds is 3. The Bertz CT molecular complexity index is 365. The van der Waals surface area contributed by atoms with Gasteiger partial charge in [0.1, 0.15) is 0 Å². The lowest BCUT2D eigenvalue weighted by molar-refractivity contribution is 0.953. The van der Waals surface area contributed by atoms with E-state index in [1.165, 1.54) is 9.75 Å². The van der Waals surface area contributed by atoms with Crippen LogP contribution in [-0.4, -0.2) is 11.5 Å². The summed E-state index contributed by atoms with van der Waals surface area (Å²) in [4.78, 5) is 6.85. The quantitative estimate of drug-likeness (QED) is 0.844. The molecular weight excluding hydrogens is 200 g/mol. The van der Waals surface area contributed by atoms with Crippen LogP contribution in [0.15, 0.2) is 23.7 Å². The van der Waals surface area contributed by atoms with Gasteiger partial charge in [-0.15, -0.1) is 22.7 Å². The van der Waals surface area contributed by atoms with Crippen LogP contribution in [0.5, 0.6) is 0 Å². The van der Waals surface area contributed by atoms with E-state index in [1.807, 2.05) is 6.20 Å². The van der Waals surface area contributed by atoms with Crippen LogP contribution in [0.3, 0.4) is 0 Å². The first-order chi connectivity index (χ1) is 6.40. The van der Waals surface area contributed by atoms with Crippen molar-refractivity contribution in [1.29, 1.82) is 0 Å². The van der Waals surface area contributed by atoms with E-state index < -0.39 is 0 Å². The average molecular weight is 210 g/mol. The van der Waals surface area contributed by atoms with Crippen molar-refractivity contribution >= 4 is 22.7 Å². The van der Waals surface area contributed by atoms with Crippen molar-refractivity contribution in [1.82, 2.24) is 4.98 Å². The molecule has 2 rings (SSSR count). The Hall–Kier alpha value is -0.710. The summed E-state index contributed by atoms with van der Waals surface area (Å²) in [5, 5.41) is 3.21. The molecule has 0 atom stereocenters. The van der Waals surface area contributed by atoms with Crippen LogP contribution in [0, 0.1) is 0 Å². The van der Waals surface area contributed by atoms with E-state index in [9.17, 15) is 0 Å². The first-order valence-corrected chi connectivity index (χ1v) is 5.78. The van der Waals surface area contributed by atoms with Gasteiger partial charge in [-0.3, -0.25) is 0 Å². The summed E-state index contributed by atoms with van der Waals surface area (Å²) in [7, 11) is 0. The summed E-state index contributed by atoms with van der Waals surface area (Å²) < 4.78 is 0. The van der Waals surface area contributed by atoms with Crippen LogP contribution in [0.1, 0.15) is 5.01 Å². The zero-order valence-electron chi connectivity index (χ0n) is 7.06. The monoisotopic (exact) mass is 210 g/mol. The predicted octanol–water partition coefficient (Wildman–Crippen LogP) is 2.37. The topological polar surface area (TPSA) is 38.9 Å². The third-order valence-electron chi connectivity index (χ3n) is 1.68. The number of thiophene rings is 1. The lowest BCUT2D eigenvalue weighted by Gasteiger charge is -1.88. The summed E-state index contributed by atoms with van der Waals surface area (Å²) >= 11 is 3.48. The first kappa shape index (κ1) is 8.87. The smallest absolute Gasteiger partial charge is 0.0944 e. The molecule has 0 unspecified atom stereocenters. The minimum atomic E-state index is 0.678. The molecule has 0 aromatic carbocycles. The van der Waals surface area contributed by atoms with Gasteiger partial charge < -0.3 is 5.73 Å². The van der Waals surface area contributed by atoms with Gasteiger partial charge in [-0.25, -0.2) is 4.98 Å². The van der Waals surface area contributed by atoms with E-state index in [1.54, 1.807) is 22.7 Å². The molecule has 0 spiro atoms. The van der Waals surface area contributed by atoms with E-state index >= 15 is 0 Å². The van der Waals surface area contributed by atoms with Gasteiger partial charge in [0, 0.05) is 17.5 Å². The Morgan fingerprint density at radius 1 is 1.38 bits per heavy atom. The van der Waals surface area contributed by atoms with Gasteiger partial charge in [0.15, 0.2) is 0 Å². The Labute approximate surface area is 85.1 Å². The zero-order chi connectivity index (χ0) is 9.10. The van der Waals surface area contributed by atoms with Crippen LogP contribution >= 0.6 is 22.7 Å². The maximum atomic E-state index is 5.46. The molecule has 2 heterocycles. The molecule has 68 valence electrons. The van der Waals surface area contributed by atoms with Crippen molar-refractivity contribution in [3.8, 4) is 9.75 Å². The number of nitrogens with two attached hydrogens (primary N) is 1. The van der Waals surface area contributed by atoms with Gasteiger partial charge in [0.2, 0.25) is 0 Å². The van der Waals surface area contributed by atoms with Gasteiger partial charge in [0.25, 0.3) is 0 Å². The molecule has 0 aliphatic rings. The fraction of sp³-hybridized carbons (Fsp3) is 0.222. The standard InChI is InChI=1S/C9H10N2S2/c10-4-3-9-11-6-8(13-9)7-2-1-5-12-7/h1-2,5-6H,3-4,10H2. The van der Waals surface area contributed by atoms with Crippen LogP contribution in [0.4, 0.5) is 0 Å². The lowest BCUT2D eigenvalue weighted by Crippen LogP contribution is -2.01. The highest BCUT2D eigenvalue weighted by atomic mass is 32.1. The molecule has 4 heteroatoms. The fourth-order valence-corrected chi connectivity index (χ4v) is 2.83. The molecule has 0 amide bonds. The van der Waals surface area contributed by atoms with Gasteiger partial charge in [-0.2, -0.15) is 0 Å². The third kappa shape index (κ3) is 1.96. The summed E-state index contributed by atoms with van der Waals surface area (Å²) in [5.74, 6) is 0. The van der Waals surface area contributed by atoms with Crippen LogP contribution < -0.4 is 5.73 Å². The minimum Gasteiger partial charge on any atom is -0.330 e. The van der Waals surface area contributed by atoms with E-state index in [2.05, 4.69) is 22.5 Å². The molecule has 0 radical (unpaired) electrons. The van der Waals surface area contributed by atoms with Crippen LogP contribution in [0.2, 0.25) is 0 Å². The normalized spacial score (nSPS) is 10.5. The number of thiazole rings is 1. The van der Waals surface area contributed by atoms with Crippen molar-refractivity contribution in [2.24, 2.45) is 5.73 Å². The van der Waals surface area contributed by atoms with Crippen molar-refractivity contribution in [3.05, 3.63) is 28.7 Å². The van der Waals surface area contributed by atoms with Crippen LogP contribution in [-0.2, 0) is 6.42 Å². The van der Waals surface area contributed by atoms with E-state index in [-0.39, 0.29) is 0 Å². The third-order valence-corrected chi connectivity index (χ3v) is 3.80. The summed E-state index contributed by atoms with van der Waals surface area (Å²) in [6.07, 6.45) is 2.82. The van der Waals surface area contributed by atoms with Crippen molar-refractivity contribution < 1.29 is 0 Å². The minimum absolute atomic E-state index is 0.678. The fourth-order valence-electron chi connectivity index (χ4n) is 1.08. The Morgan fingerprint density at radius 2 is 2.31 bits per heavy atom. The van der Waals surface area contributed by atoms with Gasteiger partial charge in [0.05, 0.1) is 9.88 Å². The highest BCUT2D eigenvalue weighted by Gasteiger charge is 2.03. The highest BCUT2D eigenvalue weighted by molar-refractivity contribution is 7.21. The largest absolute Gasteiger partial charge is 0.330 e. The molecule has 0 saturated heterocycles. The maximum Gasteiger partial charge on any atom is 0.0944 e. The Balaban J connectivity index is 2.23. The SMILES string of the molecule is NCCc1ncc(-c2cccs2)s1. The second-order valence-corrected chi connectivity index (χ2v) is 4.70. The number of nitrogens with zero attached hydrogens (tertiary/aromatic N) is 1. The second-order valence-electron chi connectivity index (χ2n) is 2.63. The Kier molecular flexibility index (Phi) is 2.73. The first-order valence-electron chi connectivity index (χ1n) is 4.09. The summed E-state index contributed by atoms with van der Waals surface area (Å²) in [6.45, 7) is 0.678. The molecule has 0 saturated carbocycles. The zero-order valence-corrected chi connectivity index (χ0v) is 8.70. The number of hydrogen-bond acceptors (Lipinski definition) is 4. The second kappa shape index (κ2) is 4.00. The molecule has 13 heavy (non-hydrogen) atoms. The molecule has 2 aromatic rings. The molecule has 0 aliphatic heterocycles. The van der Waals surface area contributed by atoms with Crippen molar-refractivity contribution in [3.63, 3.8) is 0 Å². The van der Waals surface area contributed by atoms with Crippen LogP contribution in [0.25, 0.3) is 9.75 Å². The van der Waals surface area contributed by atoms with Gasteiger partial charge >= 0.3 is 0 Å². The van der Waals surface area contributed by atoms with E-state index in [0.717, 1.165) is 11.4 Å². The number of aromatic nitrogens is 1. The molecule has 0 bridgehead atoms. The molecule has 0 fully saturated rings. The van der Waals surface area contributed by atoms with Crippen molar-refractivity contribution in [2.75, 3.05) is 6.54 Å². The number of hydrogen-bond donors (Lipinski definition) is 1. The Morgan fingerprint density at radius 3 is 3.00 bits per heavy atom. The maximum absolute atomic E-state index is 5.46. The predicted molar refractivity (Wildman–Crippen MR) is 58.2 cm³/mol. The molecule has 2 nitrogen and oxygen atoms in total. The molecule has 2 aromatic heterocycles. The summed E-state index contributed by atoms with van der Waals surface area (Å²) in [5.41, 5.74) is 5.46.